The Morgan fingerprint density at radius 2 is 2.10 bits per heavy atom. The summed E-state index contributed by atoms with van der Waals surface area (Å²) in [6, 6.07) is 7.14. The van der Waals surface area contributed by atoms with Gasteiger partial charge in [0, 0.05) is 18.0 Å². The average Bonchev–Trinajstić information content (AvgIpc) is 2.46. The molecule has 0 aliphatic rings. The van der Waals surface area contributed by atoms with Gasteiger partial charge in [0.05, 0.1) is 18.2 Å². The van der Waals surface area contributed by atoms with E-state index in [1.807, 2.05) is 0 Å². The fourth-order valence-corrected chi connectivity index (χ4v) is 1.91. The molecule has 0 amide bonds. The van der Waals surface area contributed by atoms with Crippen LogP contribution in [0.1, 0.15) is 24.2 Å². The number of aliphatic hydroxyl groups excluding tert-OH is 1. The van der Waals surface area contributed by atoms with E-state index in [0.29, 0.717) is 23.1 Å². The SMILES string of the molecule is COc1cc(C(C)O)ccc1OCc1ccncc1Cl. The minimum atomic E-state index is -0.549. The summed E-state index contributed by atoms with van der Waals surface area (Å²) >= 11 is 6.02. The Labute approximate surface area is 122 Å². The second-order valence-electron chi connectivity index (χ2n) is 4.34. The van der Waals surface area contributed by atoms with Gasteiger partial charge in [0.25, 0.3) is 0 Å². The molecule has 1 heterocycles. The number of ether oxygens (including phenoxy) is 2. The predicted molar refractivity (Wildman–Crippen MR) is 77.2 cm³/mol. The number of hydrogen-bond donors (Lipinski definition) is 1. The van der Waals surface area contributed by atoms with Gasteiger partial charge in [0.1, 0.15) is 6.61 Å². The molecule has 0 radical (unpaired) electrons. The van der Waals surface area contributed by atoms with E-state index >= 15 is 0 Å². The van der Waals surface area contributed by atoms with Crippen molar-refractivity contribution in [1.82, 2.24) is 4.98 Å². The maximum atomic E-state index is 9.56. The molecular weight excluding hydrogens is 278 g/mol. The highest BCUT2D eigenvalue weighted by atomic mass is 35.5. The second-order valence-corrected chi connectivity index (χ2v) is 4.75. The zero-order valence-corrected chi connectivity index (χ0v) is 12.1. The summed E-state index contributed by atoms with van der Waals surface area (Å²) in [6.45, 7) is 2.03. The van der Waals surface area contributed by atoms with Crippen LogP contribution in [0.25, 0.3) is 0 Å². The lowest BCUT2D eigenvalue weighted by Crippen LogP contribution is -2.00. The average molecular weight is 294 g/mol. The molecule has 0 aliphatic heterocycles. The number of nitrogens with zero attached hydrogens (tertiary/aromatic N) is 1. The highest BCUT2D eigenvalue weighted by Crippen LogP contribution is 2.31. The van der Waals surface area contributed by atoms with Crippen LogP contribution in [0.3, 0.4) is 0 Å². The number of aliphatic hydroxyl groups is 1. The third-order valence-electron chi connectivity index (χ3n) is 2.91. The largest absolute Gasteiger partial charge is 0.493 e. The van der Waals surface area contributed by atoms with Crippen molar-refractivity contribution in [1.29, 1.82) is 0 Å². The Balaban J connectivity index is 2.15. The maximum Gasteiger partial charge on any atom is 0.161 e. The van der Waals surface area contributed by atoms with Crippen LogP contribution in [0.15, 0.2) is 36.7 Å². The van der Waals surface area contributed by atoms with E-state index in [-0.39, 0.29) is 0 Å². The van der Waals surface area contributed by atoms with Gasteiger partial charge >= 0.3 is 0 Å². The standard InChI is InChI=1S/C15H16ClNO3/c1-10(18)11-3-4-14(15(7-11)19-2)20-9-12-5-6-17-8-13(12)16/h3-8,10,18H,9H2,1-2H3. The molecule has 0 saturated carbocycles. The van der Waals surface area contributed by atoms with Crippen molar-refractivity contribution in [3.63, 3.8) is 0 Å². The first-order chi connectivity index (χ1) is 9.61. The molecule has 4 nitrogen and oxygen atoms in total. The monoisotopic (exact) mass is 293 g/mol. The van der Waals surface area contributed by atoms with Crippen LogP contribution < -0.4 is 9.47 Å². The van der Waals surface area contributed by atoms with Gasteiger partial charge in [-0.25, -0.2) is 0 Å². The van der Waals surface area contributed by atoms with Gasteiger partial charge < -0.3 is 14.6 Å². The molecule has 1 atom stereocenters. The summed E-state index contributed by atoms with van der Waals surface area (Å²) in [5.41, 5.74) is 1.62. The molecule has 0 aliphatic carbocycles. The summed E-state index contributed by atoms with van der Waals surface area (Å²) in [6.07, 6.45) is 2.69. The first-order valence-corrected chi connectivity index (χ1v) is 6.57. The molecule has 0 spiro atoms. The molecule has 20 heavy (non-hydrogen) atoms. The van der Waals surface area contributed by atoms with E-state index in [9.17, 15) is 5.11 Å². The molecular formula is C15H16ClNO3. The fourth-order valence-electron chi connectivity index (χ4n) is 1.74. The smallest absolute Gasteiger partial charge is 0.161 e. The Morgan fingerprint density at radius 3 is 2.75 bits per heavy atom. The molecule has 1 aromatic carbocycles. The number of hydrogen-bond acceptors (Lipinski definition) is 4. The van der Waals surface area contributed by atoms with Crippen LogP contribution >= 0.6 is 11.6 Å². The van der Waals surface area contributed by atoms with Crippen molar-refractivity contribution in [2.24, 2.45) is 0 Å². The number of aromatic nitrogens is 1. The van der Waals surface area contributed by atoms with Crippen LogP contribution in [0, 0.1) is 0 Å². The Kier molecular flexibility index (Phi) is 4.82. The lowest BCUT2D eigenvalue weighted by atomic mass is 10.1. The second kappa shape index (κ2) is 6.59. The normalized spacial score (nSPS) is 12.0. The lowest BCUT2D eigenvalue weighted by molar-refractivity contribution is 0.198. The molecule has 1 unspecified atom stereocenters. The number of pyridine rings is 1. The molecule has 0 bridgehead atoms. The number of benzene rings is 1. The zero-order valence-electron chi connectivity index (χ0n) is 11.3. The molecule has 1 N–H and O–H groups in total. The first kappa shape index (κ1) is 14.6. The summed E-state index contributed by atoms with van der Waals surface area (Å²) in [4.78, 5) is 3.92. The third-order valence-corrected chi connectivity index (χ3v) is 3.25. The van der Waals surface area contributed by atoms with Crippen molar-refractivity contribution in [2.75, 3.05) is 7.11 Å². The Bertz CT molecular complexity index is 587. The number of halogens is 1. The van der Waals surface area contributed by atoms with Crippen molar-refractivity contribution >= 4 is 11.6 Å². The van der Waals surface area contributed by atoms with Crippen LogP contribution in [0.5, 0.6) is 11.5 Å². The van der Waals surface area contributed by atoms with Gasteiger partial charge in [0.2, 0.25) is 0 Å². The summed E-state index contributed by atoms with van der Waals surface area (Å²) in [5, 5.41) is 10.1. The maximum absolute atomic E-state index is 9.56. The van der Waals surface area contributed by atoms with Gasteiger partial charge in [-0.1, -0.05) is 17.7 Å². The Hall–Kier alpha value is -1.78. The van der Waals surface area contributed by atoms with Crippen LogP contribution in [-0.4, -0.2) is 17.2 Å². The lowest BCUT2D eigenvalue weighted by Gasteiger charge is -2.13. The molecule has 5 heteroatoms. The quantitative estimate of drug-likeness (QED) is 0.918. The van der Waals surface area contributed by atoms with Gasteiger partial charge in [-0.3, -0.25) is 4.98 Å². The number of rotatable bonds is 5. The van der Waals surface area contributed by atoms with Gasteiger partial charge in [0.15, 0.2) is 11.5 Å². The molecule has 1 aromatic heterocycles. The van der Waals surface area contributed by atoms with Gasteiger partial charge in [-0.05, 0) is 30.7 Å². The molecule has 2 aromatic rings. The molecule has 0 fully saturated rings. The summed E-state index contributed by atoms with van der Waals surface area (Å²) < 4.78 is 11.0. The summed E-state index contributed by atoms with van der Waals surface area (Å²) in [7, 11) is 1.56. The topological polar surface area (TPSA) is 51.6 Å². The third kappa shape index (κ3) is 3.40. The van der Waals surface area contributed by atoms with Crippen LogP contribution in [0.4, 0.5) is 0 Å². The number of methoxy groups -OCH3 is 1. The highest BCUT2D eigenvalue weighted by Gasteiger charge is 2.09. The Morgan fingerprint density at radius 1 is 1.30 bits per heavy atom. The molecule has 0 saturated heterocycles. The van der Waals surface area contributed by atoms with E-state index in [1.165, 1.54) is 0 Å². The summed E-state index contributed by atoms with van der Waals surface area (Å²) in [5.74, 6) is 1.18. The highest BCUT2D eigenvalue weighted by molar-refractivity contribution is 6.31. The van der Waals surface area contributed by atoms with Crippen LogP contribution in [0.2, 0.25) is 5.02 Å². The minimum absolute atomic E-state index is 0.325. The van der Waals surface area contributed by atoms with E-state index in [2.05, 4.69) is 4.98 Å². The zero-order chi connectivity index (χ0) is 14.5. The minimum Gasteiger partial charge on any atom is -0.493 e. The van der Waals surface area contributed by atoms with Crippen molar-refractivity contribution < 1.29 is 14.6 Å². The molecule has 2 rings (SSSR count). The van der Waals surface area contributed by atoms with E-state index in [4.69, 9.17) is 21.1 Å². The van der Waals surface area contributed by atoms with E-state index in [0.717, 1.165) is 11.1 Å². The molecule has 106 valence electrons. The van der Waals surface area contributed by atoms with Crippen LogP contribution in [-0.2, 0) is 6.61 Å². The fraction of sp³-hybridized carbons (Fsp3) is 0.267. The van der Waals surface area contributed by atoms with Gasteiger partial charge in [-0.2, -0.15) is 0 Å². The van der Waals surface area contributed by atoms with Crippen molar-refractivity contribution in [2.45, 2.75) is 19.6 Å². The van der Waals surface area contributed by atoms with Crippen molar-refractivity contribution in [3.8, 4) is 11.5 Å². The van der Waals surface area contributed by atoms with Gasteiger partial charge in [-0.15, -0.1) is 0 Å². The van der Waals surface area contributed by atoms with Crippen molar-refractivity contribution in [3.05, 3.63) is 52.8 Å². The first-order valence-electron chi connectivity index (χ1n) is 6.19. The van der Waals surface area contributed by atoms with E-state index < -0.39 is 6.10 Å². The predicted octanol–water partition coefficient (Wildman–Crippen LogP) is 3.38. The van der Waals surface area contributed by atoms with E-state index in [1.54, 1.807) is 50.7 Å².